The minimum Gasteiger partial charge on any atom is -0.484 e. The third kappa shape index (κ3) is 8.52. The van der Waals surface area contributed by atoms with Crippen molar-refractivity contribution in [1.29, 1.82) is 0 Å². The molecule has 5 rings (SSSR count). The van der Waals surface area contributed by atoms with Crippen LogP contribution in [0, 0.1) is 5.82 Å². The van der Waals surface area contributed by atoms with Crippen molar-refractivity contribution in [3.05, 3.63) is 149 Å². The van der Waals surface area contributed by atoms with Gasteiger partial charge in [0.25, 0.3) is 15.9 Å². The van der Waals surface area contributed by atoms with Gasteiger partial charge in [-0.05, 0) is 83.9 Å². The van der Waals surface area contributed by atoms with Crippen molar-refractivity contribution >= 4 is 39.1 Å². The maximum absolute atomic E-state index is 13.8. The molecule has 0 saturated carbocycles. The standard InChI is InChI=1S/C34H29ClFN3O6S/c35-26-10-8-24(9-11-26)22-39(33(25-5-2-1-3-6-25)34(41)37-21-30-7-4-20-44-30)32(40)23-45-29-16-18-31(19-17-29)46(42,43)38-28-14-12-27(36)13-15-28/h1-20,33,38H,21-23H2,(H,37,41)/t33-/m1/s1. The van der Waals surface area contributed by atoms with Crippen molar-refractivity contribution < 1.29 is 31.6 Å². The first kappa shape index (κ1) is 32.3. The third-order valence-electron chi connectivity index (χ3n) is 6.87. The summed E-state index contributed by atoms with van der Waals surface area (Å²) in [6.07, 6.45) is 1.51. The monoisotopic (exact) mass is 661 g/mol. The number of nitrogens with one attached hydrogen (secondary N) is 2. The lowest BCUT2D eigenvalue weighted by Crippen LogP contribution is -2.45. The maximum atomic E-state index is 13.8. The first-order chi connectivity index (χ1) is 22.2. The predicted octanol–water partition coefficient (Wildman–Crippen LogP) is 6.34. The summed E-state index contributed by atoms with van der Waals surface area (Å²) in [4.78, 5) is 28.9. The summed E-state index contributed by atoms with van der Waals surface area (Å²) >= 11 is 6.08. The zero-order chi connectivity index (χ0) is 32.5. The lowest BCUT2D eigenvalue weighted by molar-refractivity contribution is -0.143. The number of sulfonamides is 1. The molecule has 9 nitrogen and oxygen atoms in total. The first-order valence-electron chi connectivity index (χ1n) is 14.1. The van der Waals surface area contributed by atoms with Crippen LogP contribution in [-0.4, -0.2) is 31.7 Å². The minimum atomic E-state index is -3.96. The molecule has 0 bridgehead atoms. The molecule has 4 aromatic carbocycles. The SMILES string of the molecule is O=C(NCc1ccco1)[C@@H](c1ccccc1)N(Cc1ccc(Cl)cc1)C(=O)COc1ccc(S(=O)(=O)Nc2ccc(F)cc2)cc1. The maximum Gasteiger partial charge on any atom is 0.261 e. The number of nitrogens with zero attached hydrogens (tertiary/aromatic N) is 1. The minimum absolute atomic E-state index is 0.0581. The molecule has 1 aromatic heterocycles. The average molecular weight is 662 g/mol. The Kier molecular flexibility index (Phi) is 10.4. The lowest BCUT2D eigenvalue weighted by Gasteiger charge is -2.31. The molecule has 0 fully saturated rings. The van der Waals surface area contributed by atoms with Gasteiger partial charge in [0.1, 0.15) is 23.4 Å². The van der Waals surface area contributed by atoms with Crippen LogP contribution in [0.5, 0.6) is 5.75 Å². The van der Waals surface area contributed by atoms with Gasteiger partial charge in [0.15, 0.2) is 6.61 Å². The Morgan fingerprint density at radius 2 is 1.57 bits per heavy atom. The van der Waals surface area contributed by atoms with Gasteiger partial charge in [0, 0.05) is 17.3 Å². The number of ether oxygens (including phenoxy) is 1. The molecule has 0 aliphatic rings. The molecular weight excluding hydrogens is 633 g/mol. The second kappa shape index (κ2) is 14.8. The van der Waals surface area contributed by atoms with Crippen LogP contribution in [0.3, 0.4) is 0 Å². The van der Waals surface area contributed by atoms with Gasteiger partial charge in [-0.3, -0.25) is 14.3 Å². The smallest absolute Gasteiger partial charge is 0.261 e. The van der Waals surface area contributed by atoms with Crippen molar-refractivity contribution in [1.82, 2.24) is 10.2 Å². The van der Waals surface area contributed by atoms with Gasteiger partial charge in [0.05, 0.1) is 17.7 Å². The van der Waals surface area contributed by atoms with Crippen LogP contribution in [0.1, 0.15) is 22.9 Å². The normalized spacial score (nSPS) is 11.8. The van der Waals surface area contributed by atoms with E-state index in [9.17, 15) is 22.4 Å². The Hall–Kier alpha value is -5.13. The fraction of sp³-hybridized carbons (Fsp3) is 0.118. The first-order valence-corrected chi connectivity index (χ1v) is 15.9. The van der Waals surface area contributed by atoms with Crippen molar-refractivity contribution in [3.8, 4) is 5.75 Å². The molecule has 0 unspecified atom stereocenters. The quantitative estimate of drug-likeness (QED) is 0.152. The van der Waals surface area contributed by atoms with E-state index in [1.807, 2.05) is 6.07 Å². The van der Waals surface area contributed by atoms with E-state index in [1.165, 1.54) is 47.6 Å². The molecule has 2 amide bonds. The Balaban J connectivity index is 1.34. The number of halogens is 2. The summed E-state index contributed by atoms with van der Waals surface area (Å²) in [5.41, 5.74) is 1.53. The molecule has 236 valence electrons. The van der Waals surface area contributed by atoms with E-state index in [-0.39, 0.29) is 29.4 Å². The molecule has 12 heteroatoms. The van der Waals surface area contributed by atoms with Gasteiger partial charge < -0.3 is 19.4 Å². The molecule has 5 aromatic rings. The van der Waals surface area contributed by atoms with Gasteiger partial charge >= 0.3 is 0 Å². The second-order valence-corrected chi connectivity index (χ2v) is 12.2. The Morgan fingerprint density at radius 3 is 2.22 bits per heavy atom. The number of amides is 2. The third-order valence-corrected chi connectivity index (χ3v) is 8.52. The molecule has 2 N–H and O–H groups in total. The van der Waals surface area contributed by atoms with Gasteiger partial charge in [-0.25, -0.2) is 12.8 Å². The largest absolute Gasteiger partial charge is 0.484 e. The zero-order valence-corrected chi connectivity index (χ0v) is 25.9. The summed E-state index contributed by atoms with van der Waals surface area (Å²) in [5, 5.41) is 3.39. The molecule has 0 saturated heterocycles. The Labute approximate surface area is 270 Å². The number of anilines is 1. The van der Waals surface area contributed by atoms with Crippen molar-refractivity contribution in [2.24, 2.45) is 0 Å². The molecule has 0 aliphatic heterocycles. The summed E-state index contributed by atoms with van der Waals surface area (Å²) in [7, 11) is -3.96. The fourth-order valence-electron chi connectivity index (χ4n) is 4.58. The molecule has 46 heavy (non-hydrogen) atoms. The summed E-state index contributed by atoms with van der Waals surface area (Å²) in [6.45, 7) is -0.248. The number of rotatable bonds is 13. The predicted molar refractivity (Wildman–Crippen MR) is 171 cm³/mol. The van der Waals surface area contributed by atoms with Crippen molar-refractivity contribution in [3.63, 3.8) is 0 Å². The molecule has 0 aliphatic carbocycles. The highest BCUT2D eigenvalue weighted by atomic mass is 35.5. The van der Waals surface area contributed by atoms with Gasteiger partial charge in [-0.2, -0.15) is 0 Å². The highest BCUT2D eigenvalue weighted by Gasteiger charge is 2.32. The van der Waals surface area contributed by atoms with Crippen LogP contribution in [-0.2, 0) is 32.7 Å². The molecular formula is C34H29ClFN3O6S. The summed E-state index contributed by atoms with van der Waals surface area (Å²) in [5.74, 6) is -0.619. The zero-order valence-electron chi connectivity index (χ0n) is 24.3. The lowest BCUT2D eigenvalue weighted by atomic mass is 10.0. The summed E-state index contributed by atoms with van der Waals surface area (Å²) in [6, 6.07) is 28.7. The molecule has 0 spiro atoms. The molecule has 0 radical (unpaired) electrons. The van der Waals surface area contributed by atoms with Crippen LogP contribution < -0.4 is 14.8 Å². The molecule has 1 heterocycles. The van der Waals surface area contributed by atoms with Crippen molar-refractivity contribution in [2.45, 2.75) is 24.0 Å². The van der Waals surface area contributed by atoms with E-state index in [1.54, 1.807) is 60.7 Å². The second-order valence-electron chi connectivity index (χ2n) is 10.1. The fourth-order valence-corrected chi connectivity index (χ4v) is 5.76. The number of carbonyl (C=O) groups is 2. The van der Waals surface area contributed by atoms with Crippen LogP contribution >= 0.6 is 11.6 Å². The average Bonchev–Trinajstić information content (AvgIpc) is 3.59. The van der Waals surface area contributed by atoms with E-state index in [4.69, 9.17) is 20.8 Å². The van der Waals surface area contributed by atoms with E-state index >= 15 is 0 Å². The molecule has 1 atom stereocenters. The number of hydrogen-bond acceptors (Lipinski definition) is 6. The Bertz CT molecular complexity index is 1850. The van der Waals surface area contributed by atoms with Crippen molar-refractivity contribution in [2.75, 3.05) is 11.3 Å². The van der Waals surface area contributed by atoms with E-state index in [0.29, 0.717) is 16.3 Å². The van der Waals surface area contributed by atoms with Crippen LogP contribution in [0.15, 0.2) is 131 Å². The highest BCUT2D eigenvalue weighted by Crippen LogP contribution is 2.26. The summed E-state index contributed by atoms with van der Waals surface area (Å²) < 4.78 is 52.3. The number of carbonyl (C=O) groups excluding carboxylic acids is 2. The number of benzene rings is 4. The Morgan fingerprint density at radius 1 is 0.870 bits per heavy atom. The highest BCUT2D eigenvalue weighted by molar-refractivity contribution is 7.92. The van der Waals surface area contributed by atoms with Crippen LogP contribution in [0.2, 0.25) is 5.02 Å². The van der Waals surface area contributed by atoms with Gasteiger partial charge in [0.2, 0.25) is 5.91 Å². The van der Waals surface area contributed by atoms with E-state index in [0.717, 1.165) is 17.7 Å². The topological polar surface area (TPSA) is 118 Å². The van der Waals surface area contributed by atoms with Gasteiger partial charge in [-0.1, -0.05) is 54.1 Å². The van der Waals surface area contributed by atoms with Crippen LogP contribution in [0.4, 0.5) is 10.1 Å². The van der Waals surface area contributed by atoms with E-state index < -0.39 is 40.3 Å². The number of hydrogen-bond donors (Lipinski definition) is 2. The van der Waals surface area contributed by atoms with E-state index in [2.05, 4.69) is 10.0 Å². The number of furan rings is 1. The van der Waals surface area contributed by atoms with Gasteiger partial charge in [-0.15, -0.1) is 0 Å². The van der Waals surface area contributed by atoms with Crippen LogP contribution in [0.25, 0.3) is 0 Å².